The Morgan fingerprint density at radius 1 is 1.12 bits per heavy atom. The highest BCUT2D eigenvalue weighted by Gasteiger charge is 2.29. The van der Waals surface area contributed by atoms with Crippen molar-refractivity contribution in [2.24, 2.45) is 0 Å². The molecule has 1 aromatic carbocycles. The standard InChI is InChI=1S/C12H11F3N2/c13-12(14,15)11-4-2-10(3-5-11)6-9-17-8-1-7-16-17/h1-5,7-8H,6,9H2. The molecule has 1 heterocycles. The van der Waals surface area contributed by atoms with Gasteiger partial charge in [-0.05, 0) is 30.2 Å². The van der Waals surface area contributed by atoms with Crippen molar-refractivity contribution in [2.75, 3.05) is 0 Å². The van der Waals surface area contributed by atoms with E-state index in [1.807, 2.05) is 12.3 Å². The van der Waals surface area contributed by atoms with Crippen LogP contribution >= 0.6 is 0 Å². The van der Waals surface area contributed by atoms with E-state index in [9.17, 15) is 13.2 Å². The number of aryl methyl sites for hydroxylation is 2. The third-order valence-electron chi connectivity index (χ3n) is 2.47. The molecule has 2 rings (SSSR count). The number of benzene rings is 1. The summed E-state index contributed by atoms with van der Waals surface area (Å²) in [5.74, 6) is 0. The van der Waals surface area contributed by atoms with Gasteiger partial charge in [-0.1, -0.05) is 12.1 Å². The third kappa shape index (κ3) is 3.09. The number of aromatic nitrogens is 2. The maximum absolute atomic E-state index is 12.3. The zero-order valence-electron chi connectivity index (χ0n) is 8.98. The predicted molar refractivity (Wildman–Crippen MR) is 57.4 cm³/mol. The fourth-order valence-corrected chi connectivity index (χ4v) is 1.54. The Labute approximate surface area is 96.7 Å². The summed E-state index contributed by atoms with van der Waals surface area (Å²) >= 11 is 0. The summed E-state index contributed by atoms with van der Waals surface area (Å²) in [4.78, 5) is 0. The zero-order chi connectivity index (χ0) is 12.3. The third-order valence-corrected chi connectivity index (χ3v) is 2.47. The first-order valence-electron chi connectivity index (χ1n) is 5.19. The summed E-state index contributed by atoms with van der Waals surface area (Å²) in [5, 5.41) is 4.02. The molecule has 2 aromatic rings. The molecule has 0 saturated heterocycles. The Hall–Kier alpha value is -1.78. The highest BCUT2D eigenvalue weighted by molar-refractivity contribution is 5.24. The average Bonchev–Trinajstić information content (AvgIpc) is 2.78. The topological polar surface area (TPSA) is 17.8 Å². The van der Waals surface area contributed by atoms with Gasteiger partial charge in [-0.15, -0.1) is 0 Å². The van der Waals surface area contributed by atoms with E-state index in [2.05, 4.69) is 5.10 Å². The number of alkyl halides is 3. The van der Waals surface area contributed by atoms with Gasteiger partial charge in [-0.3, -0.25) is 4.68 Å². The van der Waals surface area contributed by atoms with Gasteiger partial charge in [-0.2, -0.15) is 18.3 Å². The zero-order valence-corrected chi connectivity index (χ0v) is 8.98. The van der Waals surface area contributed by atoms with Crippen LogP contribution in [0.1, 0.15) is 11.1 Å². The SMILES string of the molecule is FC(F)(F)c1ccc(CCn2cccn2)cc1. The van der Waals surface area contributed by atoms with E-state index in [0.29, 0.717) is 13.0 Å². The molecule has 5 heteroatoms. The second-order valence-electron chi connectivity index (χ2n) is 3.71. The van der Waals surface area contributed by atoms with Crippen molar-refractivity contribution in [3.05, 3.63) is 53.9 Å². The van der Waals surface area contributed by atoms with Gasteiger partial charge in [0, 0.05) is 18.9 Å². The van der Waals surface area contributed by atoms with Crippen molar-refractivity contribution < 1.29 is 13.2 Å². The van der Waals surface area contributed by atoms with E-state index >= 15 is 0 Å². The van der Waals surface area contributed by atoms with Crippen molar-refractivity contribution in [1.29, 1.82) is 0 Å². The van der Waals surface area contributed by atoms with Gasteiger partial charge in [-0.25, -0.2) is 0 Å². The molecular weight excluding hydrogens is 229 g/mol. The lowest BCUT2D eigenvalue weighted by Gasteiger charge is -2.07. The van der Waals surface area contributed by atoms with Crippen LogP contribution in [0.4, 0.5) is 13.2 Å². The fourth-order valence-electron chi connectivity index (χ4n) is 1.54. The summed E-state index contributed by atoms with van der Waals surface area (Å²) in [6.07, 6.45) is -0.100. The molecule has 0 N–H and O–H groups in total. The lowest BCUT2D eigenvalue weighted by molar-refractivity contribution is -0.137. The summed E-state index contributed by atoms with van der Waals surface area (Å²) in [6.45, 7) is 0.665. The summed E-state index contributed by atoms with van der Waals surface area (Å²) in [6, 6.07) is 7.04. The van der Waals surface area contributed by atoms with E-state index in [1.165, 1.54) is 12.1 Å². The first-order chi connectivity index (χ1) is 8.05. The van der Waals surface area contributed by atoms with Crippen LogP contribution in [0.3, 0.4) is 0 Å². The minimum atomic E-state index is -4.26. The first-order valence-corrected chi connectivity index (χ1v) is 5.19. The van der Waals surface area contributed by atoms with Gasteiger partial charge in [0.1, 0.15) is 0 Å². The second-order valence-corrected chi connectivity index (χ2v) is 3.71. The van der Waals surface area contributed by atoms with Crippen molar-refractivity contribution in [2.45, 2.75) is 19.1 Å². The molecule has 17 heavy (non-hydrogen) atoms. The van der Waals surface area contributed by atoms with Crippen molar-refractivity contribution >= 4 is 0 Å². The monoisotopic (exact) mass is 240 g/mol. The molecule has 0 bridgehead atoms. The molecule has 90 valence electrons. The van der Waals surface area contributed by atoms with Crippen LogP contribution in [0.15, 0.2) is 42.7 Å². The van der Waals surface area contributed by atoms with E-state index in [0.717, 1.165) is 17.7 Å². The Morgan fingerprint density at radius 2 is 1.82 bits per heavy atom. The number of rotatable bonds is 3. The summed E-state index contributed by atoms with van der Waals surface area (Å²) in [7, 11) is 0. The van der Waals surface area contributed by atoms with Gasteiger partial charge >= 0.3 is 6.18 Å². The molecular formula is C12H11F3N2. The first kappa shape index (κ1) is 11.7. The van der Waals surface area contributed by atoms with Crippen LogP contribution in [-0.4, -0.2) is 9.78 Å². The lowest BCUT2D eigenvalue weighted by Crippen LogP contribution is -2.05. The van der Waals surface area contributed by atoms with Crippen molar-refractivity contribution in [3.63, 3.8) is 0 Å². The molecule has 0 atom stereocenters. The molecule has 0 fully saturated rings. The van der Waals surface area contributed by atoms with Crippen LogP contribution in [0.25, 0.3) is 0 Å². The van der Waals surface area contributed by atoms with Crippen LogP contribution < -0.4 is 0 Å². The molecule has 0 aliphatic rings. The maximum Gasteiger partial charge on any atom is 0.416 e. The molecule has 1 aromatic heterocycles. The van der Waals surface area contributed by atoms with Gasteiger partial charge < -0.3 is 0 Å². The van der Waals surface area contributed by atoms with Crippen molar-refractivity contribution in [3.8, 4) is 0 Å². The second kappa shape index (κ2) is 4.61. The normalized spacial score (nSPS) is 11.7. The molecule has 0 radical (unpaired) electrons. The predicted octanol–water partition coefficient (Wildman–Crippen LogP) is 3.14. The van der Waals surface area contributed by atoms with Crippen LogP contribution in [0.5, 0.6) is 0 Å². The number of hydrogen-bond acceptors (Lipinski definition) is 1. The average molecular weight is 240 g/mol. The van der Waals surface area contributed by atoms with Crippen LogP contribution in [-0.2, 0) is 19.1 Å². The molecule has 2 nitrogen and oxygen atoms in total. The minimum absolute atomic E-state index is 0.611. The Morgan fingerprint density at radius 3 is 2.35 bits per heavy atom. The summed E-state index contributed by atoms with van der Waals surface area (Å²) < 4.78 is 38.7. The van der Waals surface area contributed by atoms with Gasteiger partial charge in [0.15, 0.2) is 0 Å². The van der Waals surface area contributed by atoms with Gasteiger partial charge in [0.05, 0.1) is 5.56 Å². The van der Waals surface area contributed by atoms with Crippen LogP contribution in [0.2, 0.25) is 0 Å². The largest absolute Gasteiger partial charge is 0.416 e. The molecule has 0 aliphatic heterocycles. The van der Waals surface area contributed by atoms with Crippen LogP contribution in [0, 0.1) is 0 Å². The van der Waals surface area contributed by atoms with E-state index in [-0.39, 0.29) is 0 Å². The quantitative estimate of drug-likeness (QED) is 0.805. The lowest BCUT2D eigenvalue weighted by atomic mass is 10.1. The number of nitrogens with zero attached hydrogens (tertiary/aromatic N) is 2. The minimum Gasteiger partial charge on any atom is -0.272 e. The smallest absolute Gasteiger partial charge is 0.272 e. The molecule has 0 spiro atoms. The highest BCUT2D eigenvalue weighted by atomic mass is 19.4. The maximum atomic E-state index is 12.3. The number of halogens is 3. The van der Waals surface area contributed by atoms with Crippen molar-refractivity contribution in [1.82, 2.24) is 9.78 Å². The molecule has 0 amide bonds. The Kier molecular flexibility index (Phi) is 3.17. The fraction of sp³-hybridized carbons (Fsp3) is 0.250. The van der Waals surface area contributed by atoms with E-state index in [1.54, 1.807) is 10.9 Å². The molecule has 0 saturated carbocycles. The number of hydrogen-bond donors (Lipinski definition) is 0. The van der Waals surface area contributed by atoms with Gasteiger partial charge in [0.25, 0.3) is 0 Å². The van der Waals surface area contributed by atoms with E-state index in [4.69, 9.17) is 0 Å². The van der Waals surface area contributed by atoms with Gasteiger partial charge in [0.2, 0.25) is 0 Å². The van der Waals surface area contributed by atoms with E-state index < -0.39 is 11.7 Å². The highest BCUT2D eigenvalue weighted by Crippen LogP contribution is 2.29. The molecule has 0 unspecified atom stereocenters. The Bertz CT molecular complexity index is 457. The summed E-state index contributed by atoms with van der Waals surface area (Å²) in [5.41, 5.74) is 0.258. The molecule has 0 aliphatic carbocycles. The Balaban J connectivity index is 1.99.